The third kappa shape index (κ3) is 46.3. The average molecular weight is 820 g/mol. The van der Waals surface area contributed by atoms with Crippen LogP contribution in [0.4, 0.5) is 0 Å². The van der Waals surface area contributed by atoms with Crippen LogP contribution in [-0.4, -0.2) is 63.1 Å². The first kappa shape index (κ1) is 57.7. The Hall–Kier alpha value is -2.40. The molecule has 0 fully saturated rings. The summed E-state index contributed by atoms with van der Waals surface area (Å²) in [7, 11) is 3.70. The fraction of sp³-hybridized carbons (Fsp3) is 0.880. The van der Waals surface area contributed by atoms with Gasteiger partial charge in [-0.05, 0) is 105 Å². The standard InChI is InChI=1S/C40H73N2O5.C10H22O/c1-36(29-30-40(2,3)4)24-23-35-46-38(44)27-20-16-12-9-11-15-19-26-37(25-18-14-10-7-8-13-17-21-34-43)47-39(45)28-22-32-42(6)33-31-41-5;1-9(6-7-11-5)8-10(2,3)4/h5,31,33-34,36-37H,7-30,32,35H2,1-4,6H3;9H,6-8H2,1-5H3/q+1;/b33-31-;. The Morgan fingerprint density at radius 2 is 1.21 bits per heavy atom. The Bertz CT molecular complexity index is 1040. The summed E-state index contributed by atoms with van der Waals surface area (Å²) in [4.78, 5) is 40.5. The van der Waals surface area contributed by atoms with Gasteiger partial charge in [0.2, 0.25) is 0 Å². The highest BCUT2D eigenvalue weighted by atomic mass is 16.5. The molecule has 0 bridgehead atoms. The molecular formula is C50H95N2O6+. The summed E-state index contributed by atoms with van der Waals surface area (Å²) < 4.78 is 16.4. The van der Waals surface area contributed by atoms with E-state index in [0.29, 0.717) is 42.6 Å². The molecule has 0 aliphatic heterocycles. The van der Waals surface area contributed by atoms with Crippen molar-refractivity contribution < 1.29 is 28.6 Å². The molecule has 0 aliphatic rings. The molecule has 0 saturated carbocycles. The predicted octanol–water partition coefficient (Wildman–Crippen LogP) is 14.1. The molecule has 0 aliphatic carbocycles. The summed E-state index contributed by atoms with van der Waals surface area (Å²) in [6, 6.07) is 0. The van der Waals surface area contributed by atoms with Gasteiger partial charge in [0.05, 0.1) is 12.8 Å². The fourth-order valence-electron chi connectivity index (χ4n) is 7.20. The number of carbonyl (C=O) groups excluding carboxylic acids is 3. The zero-order chi connectivity index (χ0) is 43.9. The van der Waals surface area contributed by atoms with Gasteiger partial charge in [-0.25, -0.2) is 0 Å². The van der Waals surface area contributed by atoms with E-state index in [0.717, 1.165) is 115 Å². The lowest BCUT2D eigenvalue weighted by molar-refractivity contribution is -0.150. The Kier molecular flexibility index (Phi) is 38.6. The maximum absolute atomic E-state index is 12.6. The smallest absolute Gasteiger partial charge is 0.320 e. The summed E-state index contributed by atoms with van der Waals surface area (Å²) >= 11 is 0. The summed E-state index contributed by atoms with van der Waals surface area (Å²) in [5.41, 5.74) is 0.853. The van der Waals surface area contributed by atoms with Crippen LogP contribution in [0, 0.1) is 29.2 Å². The van der Waals surface area contributed by atoms with E-state index in [4.69, 9.17) is 20.8 Å². The molecule has 0 heterocycles. The van der Waals surface area contributed by atoms with Gasteiger partial charge in [-0.3, -0.25) is 9.59 Å². The van der Waals surface area contributed by atoms with E-state index >= 15 is 0 Å². The predicted molar refractivity (Wildman–Crippen MR) is 246 cm³/mol. The van der Waals surface area contributed by atoms with Crippen LogP contribution >= 0.6 is 0 Å². The lowest BCUT2D eigenvalue weighted by atomic mass is 9.84. The number of unbranched alkanes of at least 4 members (excludes halogenated alkanes) is 13. The zero-order valence-corrected chi connectivity index (χ0v) is 39.9. The van der Waals surface area contributed by atoms with Crippen LogP contribution in [0.25, 0.3) is 4.85 Å². The lowest BCUT2D eigenvalue weighted by Gasteiger charge is -2.22. The third-order valence-corrected chi connectivity index (χ3v) is 10.6. The minimum Gasteiger partial charge on any atom is -0.466 e. The van der Waals surface area contributed by atoms with Gasteiger partial charge in [-0.2, -0.15) is 0 Å². The number of aldehydes is 1. The Labute approximate surface area is 359 Å². The van der Waals surface area contributed by atoms with Crippen LogP contribution in [0.2, 0.25) is 0 Å². The quantitative estimate of drug-likeness (QED) is 0.0353. The highest BCUT2D eigenvalue weighted by Crippen LogP contribution is 2.26. The largest absolute Gasteiger partial charge is 0.466 e. The van der Waals surface area contributed by atoms with Crippen molar-refractivity contribution in [1.29, 1.82) is 0 Å². The number of nitrogens with zero attached hydrogens (tertiary/aromatic N) is 2. The van der Waals surface area contributed by atoms with Gasteiger partial charge in [0, 0.05) is 46.6 Å². The second-order valence-corrected chi connectivity index (χ2v) is 19.6. The lowest BCUT2D eigenvalue weighted by Crippen LogP contribution is -2.20. The molecule has 0 N–H and O–H groups in total. The summed E-state index contributed by atoms with van der Waals surface area (Å²) in [5, 5.41) is 0. The topological polar surface area (TPSA) is 86.5 Å². The third-order valence-electron chi connectivity index (χ3n) is 10.6. The average Bonchev–Trinajstić information content (AvgIpc) is 3.14. The zero-order valence-electron chi connectivity index (χ0n) is 39.9. The molecule has 3 unspecified atom stereocenters. The van der Waals surface area contributed by atoms with E-state index in [1.54, 1.807) is 13.3 Å². The monoisotopic (exact) mass is 820 g/mol. The van der Waals surface area contributed by atoms with Crippen LogP contribution in [0.1, 0.15) is 222 Å². The molecule has 3 atom stereocenters. The molecule has 0 saturated heterocycles. The molecule has 340 valence electrons. The van der Waals surface area contributed by atoms with Crippen molar-refractivity contribution in [3.05, 3.63) is 17.2 Å². The number of ether oxygens (including phenoxy) is 3. The van der Waals surface area contributed by atoms with E-state index in [-0.39, 0.29) is 18.0 Å². The molecule has 0 rings (SSSR count). The van der Waals surface area contributed by atoms with E-state index in [9.17, 15) is 14.4 Å². The second-order valence-electron chi connectivity index (χ2n) is 19.6. The Balaban J connectivity index is 0. The van der Waals surface area contributed by atoms with Crippen molar-refractivity contribution in [3.63, 3.8) is 0 Å². The van der Waals surface area contributed by atoms with Crippen molar-refractivity contribution in [1.82, 2.24) is 4.90 Å². The molecule has 58 heavy (non-hydrogen) atoms. The molecule has 8 nitrogen and oxygen atoms in total. The van der Waals surface area contributed by atoms with Crippen LogP contribution in [0.5, 0.6) is 0 Å². The van der Waals surface area contributed by atoms with E-state index in [2.05, 4.69) is 60.2 Å². The van der Waals surface area contributed by atoms with Crippen molar-refractivity contribution >= 4 is 18.2 Å². The first-order chi connectivity index (χ1) is 27.5. The number of carbonyl (C=O) groups is 3. The van der Waals surface area contributed by atoms with Gasteiger partial charge in [-0.1, -0.05) is 126 Å². The highest BCUT2D eigenvalue weighted by Gasteiger charge is 2.16. The maximum Gasteiger partial charge on any atom is 0.320 e. The number of hydrogen-bond acceptors (Lipinski definition) is 7. The molecule has 0 radical (unpaired) electrons. The van der Waals surface area contributed by atoms with Crippen LogP contribution < -0.4 is 0 Å². The molecule has 0 aromatic rings. The second kappa shape index (κ2) is 38.8. The molecule has 8 heteroatoms. The van der Waals surface area contributed by atoms with Crippen LogP contribution in [0.15, 0.2) is 12.4 Å². The van der Waals surface area contributed by atoms with Gasteiger partial charge in [-0.15, -0.1) is 0 Å². The molecule has 0 spiro atoms. The summed E-state index contributed by atoms with van der Waals surface area (Å²) in [5.74, 6) is 1.32. The van der Waals surface area contributed by atoms with Crippen LogP contribution in [0.3, 0.4) is 0 Å². The molecule has 0 amide bonds. The highest BCUT2D eigenvalue weighted by molar-refractivity contribution is 5.69. The minimum atomic E-state index is -0.102. The first-order valence-electron chi connectivity index (χ1n) is 23.6. The van der Waals surface area contributed by atoms with Gasteiger partial charge in [0.25, 0.3) is 6.57 Å². The van der Waals surface area contributed by atoms with E-state index < -0.39 is 0 Å². The van der Waals surface area contributed by atoms with Gasteiger partial charge in [0.15, 0.2) is 0 Å². The Morgan fingerprint density at radius 3 is 1.74 bits per heavy atom. The van der Waals surface area contributed by atoms with Crippen molar-refractivity contribution in [3.8, 4) is 6.57 Å². The number of methoxy groups -OCH3 is 1. The molecule has 0 aromatic heterocycles. The van der Waals surface area contributed by atoms with Crippen molar-refractivity contribution in [2.75, 3.05) is 33.9 Å². The van der Waals surface area contributed by atoms with E-state index in [1.165, 1.54) is 64.0 Å². The SMILES string of the molecule is C#[N+]/C=C\N(C)CCCC(=O)OC(CCCCCCCCCC=O)CCCCCCCCCC(=O)OCCCC(C)CCC(C)(C)C.COCCC(C)CC(C)(C)C. The summed E-state index contributed by atoms with van der Waals surface area (Å²) in [6.45, 7) is 25.7. The maximum atomic E-state index is 12.6. The van der Waals surface area contributed by atoms with E-state index in [1.807, 2.05) is 11.9 Å². The molecular weight excluding hydrogens is 725 g/mol. The number of esters is 2. The fourth-order valence-corrected chi connectivity index (χ4v) is 7.20. The number of rotatable bonds is 36. The van der Waals surface area contributed by atoms with Crippen LogP contribution in [-0.2, 0) is 28.6 Å². The first-order valence-corrected chi connectivity index (χ1v) is 23.6. The van der Waals surface area contributed by atoms with Gasteiger partial charge in [0.1, 0.15) is 12.4 Å². The van der Waals surface area contributed by atoms with Gasteiger partial charge >= 0.3 is 18.1 Å². The summed E-state index contributed by atoms with van der Waals surface area (Å²) in [6.07, 6.45) is 31.3. The minimum absolute atomic E-state index is 0.00136. The van der Waals surface area contributed by atoms with Crippen molar-refractivity contribution in [2.24, 2.45) is 22.7 Å². The molecule has 0 aromatic carbocycles. The van der Waals surface area contributed by atoms with Gasteiger partial charge < -0.3 is 23.9 Å². The number of hydrogen-bond donors (Lipinski definition) is 0. The van der Waals surface area contributed by atoms with Crippen molar-refractivity contribution in [2.45, 2.75) is 228 Å². The Morgan fingerprint density at radius 1 is 0.655 bits per heavy atom. The normalized spacial score (nSPS) is 13.3.